The maximum Gasteiger partial charge on any atom is 0.317 e. The maximum absolute atomic E-state index is 12.1. The largest absolute Gasteiger partial charge is 0.481 e. The first-order valence-corrected chi connectivity index (χ1v) is 7.38. The molecule has 0 aromatic heterocycles. The van der Waals surface area contributed by atoms with Gasteiger partial charge in [-0.1, -0.05) is 6.92 Å². The van der Waals surface area contributed by atoms with Crippen LogP contribution in [0.25, 0.3) is 0 Å². The van der Waals surface area contributed by atoms with Crippen molar-refractivity contribution in [1.82, 2.24) is 10.2 Å². The molecule has 0 bridgehead atoms. The summed E-state index contributed by atoms with van der Waals surface area (Å²) in [7, 11) is 1.60. The third-order valence-electron chi connectivity index (χ3n) is 3.95. The normalized spacial score (nSPS) is 22.1. The highest BCUT2D eigenvalue weighted by Gasteiger charge is 2.42. The Bertz CT molecular complexity index is 350. The number of piperidine rings is 1. The topological polar surface area (TPSA) is 88.1 Å². The van der Waals surface area contributed by atoms with E-state index in [9.17, 15) is 14.7 Å². The second-order valence-corrected chi connectivity index (χ2v) is 5.30. The summed E-state index contributed by atoms with van der Waals surface area (Å²) in [5, 5.41) is 12.2. The van der Waals surface area contributed by atoms with Crippen LogP contribution in [-0.2, 0) is 14.3 Å². The van der Waals surface area contributed by atoms with Crippen LogP contribution < -0.4 is 5.32 Å². The highest BCUT2D eigenvalue weighted by atomic mass is 16.5. The molecule has 0 aromatic rings. The molecule has 0 radical (unpaired) electrons. The number of carboxylic acids is 1. The lowest BCUT2D eigenvalue weighted by Crippen LogP contribution is -2.52. The van der Waals surface area contributed by atoms with E-state index >= 15 is 0 Å². The zero-order valence-corrected chi connectivity index (χ0v) is 12.9. The van der Waals surface area contributed by atoms with Crippen LogP contribution in [0.4, 0.5) is 4.79 Å². The standard InChI is InChI=1S/C14H26N2O5/c1-3-14(12(17)18)5-4-7-16(11-14)13(19)15-6-8-21-10-9-20-2/h3-11H2,1-2H3,(H,15,19)(H,17,18). The molecule has 1 rings (SSSR count). The van der Waals surface area contributed by atoms with E-state index in [2.05, 4.69) is 5.32 Å². The highest BCUT2D eigenvalue weighted by molar-refractivity contribution is 5.78. The number of nitrogens with zero attached hydrogens (tertiary/aromatic N) is 1. The van der Waals surface area contributed by atoms with Crippen LogP contribution in [0.3, 0.4) is 0 Å². The number of methoxy groups -OCH3 is 1. The minimum absolute atomic E-state index is 0.218. The molecule has 1 aliphatic rings. The molecular weight excluding hydrogens is 276 g/mol. The number of nitrogens with one attached hydrogen (secondary N) is 1. The lowest BCUT2D eigenvalue weighted by Gasteiger charge is -2.39. The van der Waals surface area contributed by atoms with Gasteiger partial charge in [0.25, 0.3) is 0 Å². The molecule has 0 saturated carbocycles. The van der Waals surface area contributed by atoms with Gasteiger partial charge in [0.15, 0.2) is 0 Å². The quantitative estimate of drug-likeness (QED) is 0.651. The number of urea groups is 1. The third kappa shape index (κ3) is 5.17. The summed E-state index contributed by atoms with van der Waals surface area (Å²) in [6.07, 6.45) is 1.88. The van der Waals surface area contributed by atoms with Crippen LogP contribution in [-0.4, -0.2) is 68.6 Å². The molecule has 1 aliphatic heterocycles. The van der Waals surface area contributed by atoms with Gasteiger partial charge in [-0.25, -0.2) is 4.79 Å². The second-order valence-electron chi connectivity index (χ2n) is 5.30. The van der Waals surface area contributed by atoms with Crippen molar-refractivity contribution in [2.75, 3.05) is 46.6 Å². The van der Waals surface area contributed by atoms with Crippen LogP contribution in [0, 0.1) is 5.41 Å². The molecule has 21 heavy (non-hydrogen) atoms. The summed E-state index contributed by atoms with van der Waals surface area (Å²) < 4.78 is 10.1. The molecule has 0 aromatic carbocycles. The molecule has 1 fully saturated rings. The lowest BCUT2D eigenvalue weighted by molar-refractivity contribution is -0.152. The third-order valence-corrected chi connectivity index (χ3v) is 3.95. The zero-order valence-electron chi connectivity index (χ0n) is 12.9. The predicted molar refractivity (Wildman–Crippen MR) is 77.3 cm³/mol. The predicted octanol–water partition coefficient (Wildman–Crippen LogP) is 0.936. The maximum atomic E-state index is 12.1. The lowest BCUT2D eigenvalue weighted by atomic mass is 9.78. The smallest absolute Gasteiger partial charge is 0.317 e. The number of carbonyl (C=O) groups excluding carboxylic acids is 1. The van der Waals surface area contributed by atoms with E-state index in [0.717, 1.165) is 6.42 Å². The molecule has 1 atom stereocenters. The number of likely N-dealkylation sites (tertiary alicyclic amines) is 1. The van der Waals surface area contributed by atoms with Gasteiger partial charge in [0.05, 0.1) is 25.2 Å². The molecule has 1 saturated heterocycles. The van der Waals surface area contributed by atoms with Crippen molar-refractivity contribution in [3.63, 3.8) is 0 Å². The van der Waals surface area contributed by atoms with Crippen molar-refractivity contribution in [2.45, 2.75) is 26.2 Å². The summed E-state index contributed by atoms with van der Waals surface area (Å²) in [5.74, 6) is -0.814. The van der Waals surface area contributed by atoms with Gasteiger partial charge in [0.2, 0.25) is 0 Å². The highest BCUT2D eigenvalue weighted by Crippen LogP contribution is 2.33. The second kappa shape index (κ2) is 8.84. The molecular formula is C14H26N2O5. The Hall–Kier alpha value is -1.34. The Morgan fingerprint density at radius 2 is 2.10 bits per heavy atom. The van der Waals surface area contributed by atoms with Crippen LogP contribution >= 0.6 is 0 Å². The van der Waals surface area contributed by atoms with Crippen molar-refractivity contribution in [2.24, 2.45) is 5.41 Å². The van der Waals surface area contributed by atoms with Gasteiger partial charge >= 0.3 is 12.0 Å². The first-order valence-electron chi connectivity index (χ1n) is 7.38. The van der Waals surface area contributed by atoms with E-state index in [-0.39, 0.29) is 12.6 Å². The Labute approximate surface area is 125 Å². The first-order chi connectivity index (χ1) is 10.1. The average molecular weight is 302 g/mol. The van der Waals surface area contributed by atoms with Crippen molar-refractivity contribution >= 4 is 12.0 Å². The fourth-order valence-electron chi connectivity index (χ4n) is 2.51. The monoisotopic (exact) mass is 302 g/mol. The van der Waals surface area contributed by atoms with E-state index in [1.54, 1.807) is 12.0 Å². The van der Waals surface area contributed by atoms with Gasteiger partial charge < -0.3 is 24.8 Å². The van der Waals surface area contributed by atoms with E-state index in [4.69, 9.17) is 9.47 Å². The van der Waals surface area contributed by atoms with Gasteiger partial charge in [0, 0.05) is 26.7 Å². The Balaban J connectivity index is 2.35. The molecule has 122 valence electrons. The molecule has 0 aliphatic carbocycles. The van der Waals surface area contributed by atoms with Crippen LogP contribution in [0.2, 0.25) is 0 Å². The molecule has 7 nitrogen and oxygen atoms in total. The van der Waals surface area contributed by atoms with E-state index < -0.39 is 11.4 Å². The zero-order chi connectivity index (χ0) is 15.7. The SMILES string of the molecule is CCC1(C(=O)O)CCCN(C(=O)NCCOCCOC)C1. The minimum atomic E-state index is -0.814. The number of carbonyl (C=O) groups is 2. The molecule has 1 unspecified atom stereocenters. The van der Waals surface area contributed by atoms with E-state index in [1.807, 2.05) is 6.92 Å². The molecule has 1 heterocycles. The van der Waals surface area contributed by atoms with E-state index in [1.165, 1.54) is 0 Å². The molecule has 7 heteroatoms. The van der Waals surface area contributed by atoms with E-state index in [0.29, 0.717) is 45.8 Å². The molecule has 2 N–H and O–H groups in total. The van der Waals surface area contributed by atoms with Crippen LogP contribution in [0.5, 0.6) is 0 Å². The Kier molecular flexibility index (Phi) is 7.45. The number of carboxylic acid groups (broad SMARTS) is 1. The van der Waals surface area contributed by atoms with Crippen molar-refractivity contribution in [1.29, 1.82) is 0 Å². The van der Waals surface area contributed by atoms with Crippen molar-refractivity contribution in [3.05, 3.63) is 0 Å². The van der Waals surface area contributed by atoms with Crippen molar-refractivity contribution < 1.29 is 24.2 Å². The number of aliphatic carboxylic acids is 1. The Morgan fingerprint density at radius 3 is 2.71 bits per heavy atom. The number of rotatable bonds is 8. The summed E-state index contributed by atoms with van der Waals surface area (Å²) >= 11 is 0. The van der Waals surface area contributed by atoms with Gasteiger partial charge in [-0.15, -0.1) is 0 Å². The fourth-order valence-corrected chi connectivity index (χ4v) is 2.51. The summed E-state index contributed by atoms with van der Waals surface area (Å²) in [6.45, 7) is 4.58. The fraction of sp³-hybridized carbons (Fsp3) is 0.857. The molecule has 0 spiro atoms. The van der Waals surface area contributed by atoms with Gasteiger partial charge in [-0.3, -0.25) is 4.79 Å². The summed E-state index contributed by atoms with van der Waals surface area (Å²) in [4.78, 5) is 25.1. The van der Waals surface area contributed by atoms with Crippen LogP contribution in [0.1, 0.15) is 26.2 Å². The Morgan fingerprint density at radius 1 is 1.33 bits per heavy atom. The number of hydrogen-bond acceptors (Lipinski definition) is 4. The average Bonchev–Trinajstić information content (AvgIpc) is 2.50. The minimum Gasteiger partial charge on any atom is -0.481 e. The number of ether oxygens (including phenoxy) is 2. The van der Waals surface area contributed by atoms with Gasteiger partial charge in [-0.2, -0.15) is 0 Å². The summed E-state index contributed by atoms with van der Waals surface area (Å²) in [6, 6.07) is -0.218. The number of amides is 2. The van der Waals surface area contributed by atoms with Crippen molar-refractivity contribution in [3.8, 4) is 0 Å². The summed E-state index contributed by atoms with van der Waals surface area (Å²) in [5.41, 5.74) is -0.801. The van der Waals surface area contributed by atoms with Crippen LogP contribution in [0.15, 0.2) is 0 Å². The molecule has 2 amide bonds. The first kappa shape index (κ1) is 17.7. The van der Waals surface area contributed by atoms with Gasteiger partial charge in [-0.05, 0) is 19.3 Å². The van der Waals surface area contributed by atoms with Gasteiger partial charge in [0.1, 0.15) is 0 Å². The number of hydrogen-bond donors (Lipinski definition) is 2.